The molecule has 0 fully saturated rings. The summed E-state index contributed by atoms with van der Waals surface area (Å²) in [6.45, 7) is 9.14. The van der Waals surface area contributed by atoms with E-state index in [1.807, 2.05) is 19.9 Å². The van der Waals surface area contributed by atoms with Crippen LogP contribution in [0.25, 0.3) is 0 Å². The number of anilines is 1. The van der Waals surface area contributed by atoms with Crippen molar-refractivity contribution in [3.63, 3.8) is 0 Å². The number of hydrogen-bond donors (Lipinski definition) is 2. The first-order valence-electron chi connectivity index (χ1n) is 7.52. The van der Waals surface area contributed by atoms with E-state index in [0.29, 0.717) is 16.8 Å². The van der Waals surface area contributed by atoms with Crippen molar-refractivity contribution in [1.29, 1.82) is 5.26 Å². The zero-order chi connectivity index (χ0) is 17.8. The molecular weight excluding hydrogens is 294 g/mol. The third-order valence-corrected chi connectivity index (χ3v) is 3.20. The number of carbonyl (C=O) groups excluding carboxylic acids is 1. The normalized spacial score (nSPS) is 12.6. The van der Waals surface area contributed by atoms with Gasteiger partial charge in [0.15, 0.2) is 0 Å². The molecule has 1 aromatic carbocycles. The lowest BCUT2D eigenvalue weighted by atomic mass is 10.0. The molecule has 0 aliphatic heterocycles. The van der Waals surface area contributed by atoms with Crippen molar-refractivity contribution < 1.29 is 14.6 Å². The van der Waals surface area contributed by atoms with Crippen LogP contribution in [0.5, 0.6) is 0 Å². The van der Waals surface area contributed by atoms with Gasteiger partial charge in [-0.25, -0.2) is 4.79 Å². The average Bonchev–Trinajstić information content (AvgIpc) is 2.42. The predicted octanol–water partition coefficient (Wildman–Crippen LogP) is 2.82. The van der Waals surface area contributed by atoms with Crippen LogP contribution in [-0.4, -0.2) is 34.3 Å². The lowest BCUT2D eigenvalue weighted by Gasteiger charge is -2.31. The van der Waals surface area contributed by atoms with E-state index in [2.05, 4.69) is 0 Å². The number of benzene rings is 1. The number of nitrogens with zero attached hydrogens (tertiary/aromatic N) is 2. The zero-order valence-electron chi connectivity index (χ0n) is 14.3. The first-order valence-corrected chi connectivity index (χ1v) is 7.52. The van der Waals surface area contributed by atoms with Gasteiger partial charge in [0.1, 0.15) is 11.7 Å². The molecule has 0 saturated carbocycles. The smallest absolute Gasteiger partial charge is 0.410 e. The van der Waals surface area contributed by atoms with E-state index >= 15 is 0 Å². The molecule has 0 aromatic heterocycles. The maximum absolute atomic E-state index is 12.3. The van der Waals surface area contributed by atoms with Crippen LogP contribution in [0.2, 0.25) is 0 Å². The minimum atomic E-state index is -0.933. The van der Waals surface area contributed by atoms with Gasteiger partial charge in [0.25, 0.3) is 0 Å². The highest BCUT2D eigenvalue weighted by Gasteiger charge is 2.26. The van der Waals surface area contributed by atoms with Crippen LogP contribution < -0.4 is 5.73 Å². The Hall–Kier alpha value is -2.26. The number of carbonyl (C=O) groups is 1. The highest BCUT2D eigenvalue weighted by atomic mass is 16.6. The van der Waals surface area contributed by atoms with Gasteiger partial charge in [0, 0.05) is 11.7 Å². The van der Waals surface area contributed by atoms with Crippen molar-refractivity contribution >= 4 is 11.8 Å². The Bertz CT molecular complexity index is 600. The second-order valence-corrected chi connectivity index (χ2v) is 6.70. The highest BCUT2D eigenvalue weighted by molar-refractivity contribution is 5.68. The molecule has 0 aliphatic rings. The van der Waals surface area contributed by atoms with Gasteiger partial charge < -0.3 is 20.5 Å². The number of ether oxygens (including phenoxy) is 1. The Morgan fingerprint density at radius 2 is 2.04 bits per heavy atom. The molecule has 1 unspecified atom stereocenters. The molecular formula is C17H25N3O3. The van der Waals surface area contributed by atoms with Gasteiger partial charge in [-0.3, -0.25) is 0 Å². The maximum atomic E-state index is 12.3. The van der Waals surface area contributed by atoms with Crippen LogP contribution in [0.1, 0.15) is 51.8 Å². The average molecular weight is 319 g/mol. The quantitative estimate of drug-likeness (QED) is 0.831. The number of nitrogens with two attached hydrogens (primary N) is 1. The first-order chi connectivity index (χ1) is 10.5. The summed E-state index contributed by atoms with van der Waals surface area (Å²) in [6, 6.07) is 6.60. The summed E-state index contributed by atoms with van der Waals surface area (Å²) < 4.78 is 5.37. The number of aliphatic hydroxyl groups is 1. The van der Waals surface area contributed by atoms with Crippen LogP contribution in [-0.2, 0) is 4.74 Å². The second-order valence-electron chi connectivity index (χ2n) is 6.70. The standard InChI is InChI=1S/C17H25N3O3/c1-11(2)20(16(22)23-17(3,4)5)10-15(21)12-6-7-14(19)13(8-12)9-18/h6-8,11,15,21H,10,19H2,1-5H3. The SMILES string of the molecule is CC(C)N(CC(O)c1ccc(N)c(C#N)c1)C(=O)OC(C)(C)C. The van der Waals surface area contributed by atoms with Crippen molar-refractivity contribution in [1.82, 2.24) is 4.90 Å². The number of aliphatic hydroxyl groups excluding tert-OH is 1. The molecule has 0 saturated heterocycles. The van der Waals surface area contributed by atoms with Gasteiger partial charge in [-0.15, -0.1) is 0 Å². The van der Waals surface area contributed by atoms with Crippen LogP contribution in [0.4, 0.5) is 10.5 Å². The van der Waals surface area contributed by atoms with Crippen LogP contribution in [0.15, 0.2) is 18.2 Å². The van der Waals surface area contributed by atoms with E-state index in [9.17, 15) is 9.90 Å². The third-order valence-electron chi connectivity index (χ3n) is 3.20. The fraction of sp³-hybridized carbons (Fsp3) is 0.529. The van der Waals surface area contributed by atoms with Crippen molar-refractivity contribution in [3.8, 4) is 6.07 Å². The maximum Gasteiger partial charge on any atom is 0.410 e. The van der Waals surface area contributed by atoms with Gasteiger partial charge >= 0.3 is 6.09 Å². The minimum absolute atomic E-state index is 0.0708. The van der Waals surface area contributed by atoms with E-state index in [-0.39, 0.29) is 12.6 Å². The summed E-state index contributed by atoms with van der Waals surface area (Å²) in [6.07, 6.45) is -1.42. The molecule has 126 valence electrons. The minimum Gasteiger partial charge on any atom is -0.444 e. The number of nitrogen functional groups attached to an aromatic ring is 1. The summed E-state index contributed by atoms with van der Waals surface area (Å²) >= 11 is 0. The first kappa shape index (κ1) is 18.8. The van der Waals surface area contributed by atoms with E-state index in [4.69, 9.17) is 15.7 Å². The molecule has 1 rings (SSSR count). The monoisotopic (exact) mass is 319 g/mol. The van der Waals surface area contributed by atoms with Gasteiger partial charge in [-0.05, 0) is 52.3 Å². The Labute approximate surface area is 137 Å². The van der Waals surface area contributed by atoms with Crippen LogP contribution in [0, 0.1) is 11.3 Å². The molecule has 0 aliphatic carbocycles. The van der Waals surface area contributed by atoms with Gasteiger partial charge in [-0.2, -0.15) is 5.26 Å². The lowest BCUT2D eigenvalue weighted by molar-refractivity contribution is 0.00725. The van der Waals surface area contributed by atoms with Crippen molar-refractivity contribution in [2.75, 3.05) is 12.3 Å². The van der Waals surface area contributed by atoms with Gasteiger partial charge in [0.2, 0.25) is 0 Å². The fourth-order valence-electron chi connectivity index (χ4n) is 1.99. The third kappa shape index (κ3) is 5.46. The summed E-state index contributed by atoms with van der Waals surface area (Å²) in [5.74, 6) is 0. The van der Waals surface area contributed by atoms with Crippen molar-refractivity contribution in [2.24, 2.45) is 0 Å². The van der Waals surface area contributed by atoms with Crippen molar-refractivity contribution in [2.45, 2.75) is 52.4 Å². The summed E-state index contributed by atoms with van der Waals surface area (Å²) in [7, 11) is 0. The molecule has 6 nitrogen and oxygen atoms in total. The van der Waals surface area contributed by atoms with E-state index in [1.165, 1.54) is 11.0 Å². The number of rotatable bonds is 4. The summed E-state index contributed by atoms with van der Waals surface area (Å²) in [5.41, 5.74) is 6.26. The zero-order valence-corrected chi connectivity index (χ0v) is 14.3. The van der Waals surface area contributed by atoms with Crippen molar-refractivity contribution in [3.05, 3.63) is 29.3 Å². The van der Waals surface area contributed by atoms with E-state index in [0.717, 1.165) is 0 Å². The topological polar surface area (TPSA) is 99.6 Å². The van der Waals surface area contributed by atoms with Crippen LogP contribution in [0.3, 0.4) is 0 Å². The number of nitriles is 1. The highest BCUT2D eigenvalue weighted by Crippen LogP contribution is 2.21. The Morgan fingerprint density at radius 1 is 1.43 bits per heavy atom. The van der Waals surface area contributed by atoms with Crippen LogP contribution >= 0.6 is 0 Å². The largest absolute Gasteiger partial charge is 0.444 e. The molecule has 0 heterocycles. The molecule has 1 atom stereocenters. The number of amides is 1. The summed E-state index contributed by atoms with van der Waals surface area (Å²) in [5, 5.41) is 19.4. The summed E-state index contributed by atoms with van der Waals surface area (Å²) in [4.78, 5) is 13.7. The van der Waals surface area contributed by atoms with Gasteiger partial charge in [0.05, 0.1) is 18.2 Å². The molecule has 1 amide bonds. The van der Waals surface area contributed by atoms with E-state index < -0.39 is 17.8 Å². The molecule has 0 radical (unpaired) electrons. The molecule has 1 aromatic rings. The molecule has 23 heavy (non-hydrogen) atoms. The van der Waals surface area contributed by atoms with Gasteiger partial charge in [-0.1, -0.05) is 6.07 Å². The Kier molecular flexibility index (Phi) is 5.99. The van der Waals surface area contributed by atoms with E-state index in [1.54, 1.807) is 32.9 Å². The second kappa shape index (κ2) is 7.34. The molecule has 0 spiro atoms. The number of hydrogen-bond acceptors (Lipinski definition) is 5. The molecule has 6 heteroatoms. The molecule has 3 N–H and O–H groups in total. The Balaban J connectivity index is 2.92. The Morgan fingerprint density at radius 3 is 2.52 bits per heavy atom. The lowest BCUT2D eigenvalue weighted by Crippen LogP contribution is -2.43. The predicted molar refractivity (Wildman–Crippen MR) is 88.6 cm³/mol. The molecule has 0 bridgehead atoms. The fourth-order valence-corrected chi connectivity index (χ4v) is 1.99.